The highest BCUT2D eigenvalue weighted by atomic mass is 19.4. The first-order valence-corrected chi connectivity index (χ1v) is 11.3. The number of pyridine rings is 1. The number of hydrazine groups is 1. The Labute approximate surface area is 185 Å². The van der Waals surface area contributed by atoms with Gasteiger partial charge in [0.15, 0.2) is 0 Å². The van der Waals surface area contributed by atoms with Crippen LogP contribution < -0.4 is 10.9 Å². The number of fused-ring (bicyclic) bond motifs is 1. The molecule has 1 amide bonds. The lowest BCUT2D eigenvalue weighted by molar-refractivity contribution is -0.137. The zero-order valence-electron chi connectivity index (χ0n) is 17.7. The summed E-state index contributed by atoms with van der Waals surface area (Å²) < 4.78 is 38.9. The molecule has 5 nitrogen and oxygen atoms in total. The molecule has 2 N–H and O–H groups in total. The molecule has 4 atom stereocenters. The number of carbonyl (C=O) groups excluding carboxylic acids is 1. The molecule has 1 aromatic heterocycles. The van der Waals surface area contributed by atoms with Crippen LogP contribution in [0.15, 0.2) is 42.6 Å². The summed E-state index contributed by atoms with van der Waals surface area (Å²) in [5.74, 6) is 0.496. The summed E-state index contributed by atoms with van der Waals surface area (Å²) in [6.07, 6.45) is 2.91. The molecule has 0 radical (unpaired) electrons. The van der Waals surface area contributed by atoms with Gasteiger partial charge in [-0.25, -0.2) is 5.43 Å². The Morgan fingerprint density at radius 3 is 2.72 bits per heavy atom. The molecule has 3 aliphatic rings. The number of rotatable bonds is 4. The average Bonchev–Trinajstić information content (AvgIpc) is 3.50. The van der Waals surface area contributed by atoms with Gasteiger partial charge in [0.25, 0.3) is 0 Å². The Balaban J connectivity index is 1.28. The predicted octanol–water partition coefficient (Wildman–Crippen LogP) is 4.00. The third kappa shape index (κ3) is 4.13. The van der Waals surface area contributed by atoms with E-state index in [0.717, 1.165) is 56.0 Å². The normalized spacial score (nSPS) is 27.7. The van der Waals surface area contributed by atoms with Crippen molar-refractivity contribution in [3.63, 3.8) is 0 Å². The van der Waals surface area contributed by atoms with Gasteiger partial charge >= 0.3 is 6.18 Å². The molecule has 1 saturated carbocycles. The van der Waals surface area contributed by atoms with Crippen molar-refractivity contribution < 1.29 is 18.0 Å². The van der Waals surface area contributed by atoms with Crippen LogP contribution in [0.3, 0.4) is 0 Å². The molecule has 1 aliphatic carbocycles. The van der Waals surface area contributed by atoms with Crippen LogP contribution in [0.1, 0.15) is 60.5 Å². The van der Waals surface area contributed by atoms with Crippen LogP contribution in [-0.4, -0.2) is 34.4 Å². The van der Waals surface area contributed by atoms with Gasteiger partial charge in [-0.3, -0.25) is 15.2 Å². The molecule has 2 saturated heterocycles. The van der Waals surface area contributed by atoms with E-state index in [4.69, 9.17) is 0 Å². The number of likely N-dealkylation sites (tertiary alicyclic amines) is 1. The predicted molar refractivity (Wildman–Crippen MR) is 113 cm³/mol. The molecule has 2 aliphatic heterocycles. The maximum absolute atomic E-state index is 13.3. The van der Waals surface area contributed by atoms with Crippen molar-refractivity contribution in [1.29, 1.82) is 0 Å². The van der Waals surface area contributed by atoms with Crippen molar-refractivity contribution in [2.45, 2.75) is 62.8 Å². The minimum absolute atomic E-state index is 0.0487. The highest BCUT2D eigenvalue weighted by Gasteiger charge is 2.46. The van der Waals surface area contributed by atoms with Crippen molar-refractivity contribution >= 4 is 5.91 Å². The van der Waals surface area contributed by atoms with Gasteiger partial charge in [0, 0.05) is 24.7 Å². The third-order valence-electron chi connectivity index (χ3n) is 7.08. The molecule has 0 spiro atoms. The van der Waals surface area contributed by atoms with Gasteiger partial charge in [-0.2, -0.15) is 13.2 Å². The second kappa shape index (κ2) is 8.48. The summed E-state index contributed by atoms with van der Waals surface area (Å²) >= 11 is 0. The van der Waals surface area contributed by atoms with Crippen LogP contribution in [0.5, 0.6) is 0 Å². The standard InChI is InChI=1S/C24H27F3N4O/c25-24(26,27)17-5-1-4-15(13-17)12-16-9-10-20(28-14-16)21-8-3-11-31(21)23(32)22-18-6-2-7-19(18)29-30-22/h1,4-5,9-10,13-14,18-19,21-22,29-30H,2-3,6-8,11-12H2. The van der Waals surface area contributed by atoms with E-state index < -0.39 is 11.7 Å². The summed E-state index contributed by atoms with van der Waals surface area (Å²) in [4.78, 5) is 19.9. The summed E-state index contributed by atoms with van der Waals surface area (Å²) in [5.41, 5.74) is 8.15. The van der Waals surface area contributed by atoms with Crippen molar-refractivity contribution in [2.75, 3.05) is 6.54 Å². The van der Waals surface area contributed by atoms with E-state index in [2.05, 4.69) is 15.8 Å². The highest BCUT2D eigenvalue weighted by molar-refractivity contribution is 5.83. The molecule has 1 aromatic carbocycles. The van der Waals surface area contributed by atoms with Crippen molar-refractivity contribution in [3.05, 3.63) is 65.0 Å². The van der Waals surface area contributed by atoms with Crippen LogP contribution in [0, 0.1) is 5.92 Å². The molecular formula is C24H27F3N4O. The fraction of sp³-hybridized carbons (Fsp3) is 0.500. The van der Waals surface area contributed by atoms with E-state index in [0.29, 0.717) is 23.9 Å². The van der Waals surface area contributed by atoms with Crippen LogP contribution >= 0.6 is 0 Å². The maximum atomic E-state index is 13.3. The number of nitrogens with zero attached hydrogens (tertiary/aromatic N) is 2. The SMILES string of the molecule is O=C(C1NNC2CCCC21)N1CCCC1c1ccc(Cc2cccc(C(F)(F)F)c2)cn1. The molecule has 5 rings (SSSR count). The Kier molecular flexibility index (Phi) is 5.67. The number of benzene rings is 1. The average molecular weight is 445 g/mol. The lowest BCUT2D eigenvalue weighted by Crippen LogP contribution is -2.47. The maximum Gasteiger partial charge on any atom is 0.416 e. The van der Waals surface area contributed by atoms with E-state index in [1.54, 1.807) is 12.3 Å². The molecule has 170 valence electrons. The zero-order valence-corrected chi connectivity index (χ0v) is 17.7. The number of hydrogen-bond acceptors (Lipinski definition) is 4. The summed E-state index contributed by atoms with van der Waals surface area (Å²) in [6, 6.07) is 9.38. The number of alkyl halides is 3. The van der Waals surface area contributed by atoms with Crippen LogP contribution in [0.2, 0.25) is 0 Å². The zero-order chi connectivity index (χ0) is 22.3. The lowest BCUT2D eigenvalue weighted by atomic mass is 9.95. The van der Waals surface area contributed by atoms with E-state index in [9.17, 15) is 18.0 Å². The Bertz CT molecular complexity index is 978. The first-order chi connectivity index (χ1) is 15.4. The number of carbonyl (C=O) groups is 1. The number of amides is 1. The van der Waals surface area contributed by atoms with E-state index >= 15 is 0 Å². The molecule has 32 heavy (non-hydrogen) atoms. The topological polar surface area (TPSA) is 57.3 Å². The van der Waals surface area contributed by atoms with Crippen molar-refractivity contribution in [2.24, 2.45) is 5.92 Å². The molecule has 3 heterocycles. The van der Waals surface area contributed by atoms with Gasteiger partial charge in [0.2, 0.25) is 5.91 Å². The fourth-order valence-electron chi connectivity index (χ4n) is 5.46. The third-order valence-corrected chi connectivity index (χ3v) is 7.08. The highest BCUT2D eigenvalue weighted by Crippen LogP contribution is 2.36. The van der Waals surface area contributed by atoms with Gasteiger partial charge in [-0.15, -0.1) is 0 Å². The quantitative estimate of drug-likeness (QED) is 0.749. The molecule has 3 fully saturated rings. The van der Waals surface area contributed by atoms with E-state index in [1.165, 1.54) is 12.1 Å². The Morgan fingerprint density at radius 2 is 1.94 bits per heavy atom. The fourth-order valence-corrected chi connectivity index (χ4v) is 5.46. The second-order valence-corrected chi connectivity index (χ2v) is 9.12. The summed E-state index contributed by atoms with van der Waals surface area (Å²) in [7, 11) is 0. The van der Waals surface area contributed by atoms with Gasteiger partial charge in [-0.1, -0.05) is 30.7 Å². The van der Waals surface area contributed by atoms with Gasteiger partial charge in [0.05, 0.1) is 17.3 Å². The largest absolute Gasteiger partial charge is 0.416 e. The van der Waals surface area contributed by atoms with Crippen LogP contribution in [0.4, 0.5) is 13.2 Å². The van der Waals surface area contributed by atoms with Crippen molar-refractivity contribution in [3.8, 4) is 0 Å². The molecule has 8 heteroatoms. The molecule has 0 bridgehead atoms. The summed E-state index contributed by atoms with van der Waals surface area (Å²) in [5, 5.41) is 0. The number of nitrogens with one attached hydrogen (secondary N) is 2. The van der Waals surface area contributed by atoms with Crippen LogP contribution in [0.25, 0.3) is 0 Å². The number of hydrogen-bond donors (Lipinski definition) is 2. The monoisotopic (exact) mass is 444 g/mol. The van der Waals surface area contributed by atoms with Crippen LogP contribution in [-0.2, 0) is 17.4 Å². The van der Waals surface area contributed by atoms with Crippen molar-refractivity contribution in [1.82, 2.24) is 20.7 Å². The lowest BCUT2D eigenvalue weighted by Gasteiger charge is -2.28. The van der Waals surface area contributed by atoms with E-state index in [1.807, 2.05) is 17.0 Å². The van der Waals surface area contributed by atoms with Gasteiger partial charge < -0.3 is 4.90 Å². The minimum atomic E-state index is -4.35. The number of aromatic nitrogens is 1. The van der Waals surface area contributed by atoms with E-state index in [-0.39, 0.29) is 18.0 Å². The molecular weight excluding hydrogens is 417 g/mol. The number of halogens is 3. The minimum Gasteiger partial charge on any atom is -0.333 e. The molecule has 4 unspecified atom stereocenters. The first-order valence-electron chi connectivity index (χ1n) is 11.3. The second-order valence-electron chi connectivity index (χ2n) is 9.12. The first kappa shape index (κ1) is 21.4. The molecule has 2 aromatic rings. The Morgan fingerprint density at radius 1 is 1.06 bits per heavy atom. The van der Waals surface area contributed by atoms with Gasteiger partial charge in [0.1, 0.15) is 6.04 Å². The summed E-state index contributed by atoms with van der Waals surface area (Å²) in [6.45, 7) is 0.729. The Hall–Kier alpha value is -2.45. The smallest absolute Gasteiger partial charge is 0.333 e. The van der Waals surface area contributed by atoms with Gasteiger partial charge in [-0.05, 0) is 55.4 Å².